The lowest BCUT2D eigenvalue weighted by atomic mass is 10.0. The Balaban J connectivity index is 2.17. The maximum absolute atomic E-state index is 13.7. The molecule has 0 bridgehead atoms. The molecule has 0 amide bonds. The van der Waals surface area contributed by atoms with Crippen molar-refractivity contribution < 1.29 is 22.0 Å². The first kappa shape index (κ1) is 16.0. The number of rotatable bonds is 4. The number of benzene rings is 1. The number of halogens is 5. The van der Waals surface area contributed by atoms with Crippen LogP contribution in [0.3, 0.4) is 0 Å². The van der Waals surface area contributed by atoms with E-state index in [1.807, 2.05) is 6.92 Å². The lowest BCUT2D eigenvalue weighted by molar-refractivity contribution is 0.369. The molecule has 21 heavy (non-hydrogen) atoms. The van der Waals surface area contributed by atoms with Crippen LogP contribution in [0.5, 0.6) is 0 Å². The van der Waals surface area contributed by atoms with Crippen molar-refractivity contribution in [2.75, 3.05) is 24.5 Å². The van der Waals surface area contributed by atoms with Gasteiger partial charge in [-0.3, -0.25) is 0 Å². The summed E-state index contributed by atoms with van der Waals surface area (Å²) in [6.45, 7) is 3.36. The summed E-state index contributed by atoms with van der Waals surface area (Å²) in [5.74, 6) is -9.42. The van der Waals surface area contributed by atoms with E-state index in [9.17, 15) is 22.0 Å². The fourth-order valence-corrected chi connectivity index (χ4v) is 2.53. The van der Waals surface area contributed by atoms with Crippen molar-refractivity contribution in [3.8, 4) is 0 Å². The van der Waals surface area contributed by atoms with Crippen molar-refractivity contribution in [3.05, 3.63) is 29.1 Å². The normalized spacial score (nSPS) is 16.6. The third-order valence-electron chi connectivity index (χ3n) is 3.68. The van der Waals surface area contributed by atoms with Gasteiger partial charge in [-0.15, -0.1) is 0 Å². The van der Waals surface area contributed by atoms with Crippen molar-refractivity contribution in [3.63, 3.8) is 0 Å². The van der Waals surface area contributed by atoms with Gasteiger partial charge in [-0.2, -0.15) is 0 Å². The molecule has 1 aliphatic rings. The smallest absolute Gasteiger partial charge is 0.200 e. The van der Waals surface area contributed by atoms with Crippen molar-refractivity contribution in [1.82, 2.24) is 5.32 Å². The topological polar surface area (TPSA) is 15.3 Å². The van der Waals surface area contributed by atoms with E-state index in [1.165, 1.54) is 4.90 Å². The second kappa shape index (κ2) is 6.60. The summed E-state index contributed by atoms with van der Waals surface area (Å²) in [5, 5.41) is 3.28. The van der Waals surface area contributed by atoms with Gasteiger partial charge in [0, 0.05) is 19.1 Å². The lowest BCUT2D eigenvalue weighted by Gasteiger charge is -2.34. The van der Waals surface area contributed by atoms with Crippen LogP contribution in [0.2, 0.25) is 0 Å². The van der Waals surface area contributed by atoms with Crippen LogP contribution in [0, 0.1) is 29.1 Å². The summed E-state index contributed by atoms with van der Waals surface area (Å²) in [4.78, 5) is 1.22. The number of hydrogen-bond acceptors (Lipinski definition) is 2. The number of piperidine rings is 1. The largest absolute Gasteiger partial charge is 0.366 e. The zero-order valence-corrected chi connectivity index (χ0v) is 11.7. The first-order valence-corrected chi connectivity index (χ1v) is 6.97. The summed E-state index contributed by atoms with van der Waals surface area (Å²) in [5.41, 5.74) is -0.819. The van der Waals surface area contributed by atoms with Crippen LogP contribution >= 0.6 is 0 Å². The van der Waals surface area contributed by atoms with Gasteiger partial charge in [0.2, 0.25) is 5.82 Å². The monoisotopic (exact) mass is 308 g/mol. The Bertz CT molecular complexity index is 484. The summed E-state index contributed by atoms with van der Waals surface area (Å²) in [6.07, 6.45) is 2.16. The molecule has 0 radical (unpaired) electrons. The van der Waals surface area contributed by atoms with Crippen LogP contribution in [0.1, 0.15) is 26.2 Å². The Morgan fingerprint density at radius 2 is 1.38 bits per heavy atom. The third kappa shape index (κ3) is 3.12. The van der Waals surface area contributed by atoms with E-state index in [2.05, 4.69) is 5.32 Å². The molecule has 0 saturated carbocycles. The summed E-state index contributed by atoms with van der Waals surface area (Å²) in [7, 11) is 0. The number of anilines is 1. The van der Waals surface area contributed by atoms with Gasteiger partial charge in [0.25, 0.3) is 0 Å². The fourth-order valence-electron chi connectivity index (χ4n) is 2.53. The van der Waals surface area contributed by atoms with Gasteiger partial charge in [0.05, 0.1) is 0 Å². The molecule has 0 aromatic heterocycles. The Kier molecular flexibility index (Phi) is 5.03. The van der Waals surface area contributed by atoms with Crippen LogP contribution in [0.4, 0.5) is 27.6 Å². The summed E-state index contributed by atoms with van der Waals surface area (Å²) >= 11 is 0. The van der Waals surface area contributed by atoms with Crippen LogP contribution in [-0.2, 0) is 0 Å². The molecule has 1 saturated heterocycles. The van der Waals surface area contributed by atoms with Crippen LogP contribution in [-0.4, -0.2) is 25.7 Å². The second-order valence-corrected chi connectivity index (χ2v) is 5.13. The highest BCUT2D eigenvalue weighted by Crippen LogP contribution is 2.31. The van der Waals surface area contributed by atoms with Crippen LogP contribution in [0.15, 0.2) is 0 Å². The van der Waals surface area contributed by atoms with E-state index >= 15 is 0 Å². The SMILES string of the molecule is CCCNC1CCN(c2c(F)c(F)c(F)c(F)c2F)CC1. The molecule has 7 heteroatoms. The highest BCUT2D eigenvalue weighted by molar-refractivity contribution is 5.51. The molecule has 1 fully saturated rings. The molecule has 1 aliphatic heterocycles. The lowest BCUT2D eigenvalue weighted by Crippen LogP contribution is -2.43. The minimum atomic E-state index is -2.12. The van der Waals surface area contributed by atoms with Crippen molar-refractivity contribution >= 4 is 5.69 Å². The van der Waals surface area contributed by atoms with E-state index in [-0.39, 0.29) is 19.1 Å². The van der Waals surface area contributed by atoms with Gasteiger partial charge in [0.15, 0.2) is 23.3 Å². The molecular weight excluding hydrogens is 291 g/mol. The predicted molar refractivity (Wildman–Crippen MR) is 69.8 cm³/mol. The zero-order valence-electron chi connectivity index (χ0n) is 11.7. The number of nitrogens with one attached hydrogen (secondary N) is 1. The quantitative estimate of drug-likeness (QED) is 0.521. The second-order valence-electron chi connectivity index (χ2n) is 5.13. The van der Waals surface area contributed by atoms with E-state index in [0.717, 1.165) is 13.0 Å². The minimum absolute atomic E-state index is 0.211. The number of nitrogens with zero attached hydrogens (tertiary/aromatic N) is 1. The van der Waals surface area contributed by atoms with E-state index < -0.39 is 34.8 Å². The average molecular weight is 308 g/mol. The molecule has 0 atom stereocenters. The van der Waals surface area contributed by atoms with Crippen molar-refractivity contribution in [2.24, 2.45) is 0 Å². The van der Waals surface area contributed by atoms with Crippen LogP contribution < -0.4 is 10.2 Å². The first-order valence-electron chi connectivity index (χ1n) is 6.97. The first-order chi connectivity index (χ1) is 9.97. The van der Waals surface area contributed by atoms with E-state index in [4.69, 9.17) is 0 Å². The predicted octanol–water partition coefficient (Wildman–Crippen LogP) is 3.35. The molecule has 2 rings (SSSR count). The minimum Gasteiger partial charge on any atom is -0.366 e. The molecule has 0 spiro atoms. The molecule has 1 aromatic rings. The molecule has 1 N–H and O–H groups in total. The van der Waals surface area contributed by atoms with Crippen molar-refractivity contribution in [1.29, 1.82) is 0 Å². The Morgan fingerprint density at radius 3 is 1.86 bits per heavy atom. The zero-order chi connectivity index (χ0) is 15.6. The molecule has 0 aliphatic carbocycles. The summed E-state index contributed by atoms with van der Waals surface area (Å²) < 4.78 is 66.8. The highest BCUT2D eigenvalue weighted by atomic mass is 19.2. The maximum atomic E-state index is 13.7. The molecule has 118 valence electrons. The van der Waals surface area contributed by atoms with Gasteiger partial charge in [-0.25, -0.2) is 22.0 Å². The van der Waals surface area contributed by atoms with E-state index in [1.54, 1.807) is 0 Å². The molecule has 1 aromatic carbocycles. The third-order valence-corrected chi connectivity index (χ3v) is 3.68. The van der Waals surface area contributed by atoms with Gasteiger partial charge in [-0.1, -0.05) is 6.92 Å². The van der Waals surface area contributed by atoms with E-state index in [0.29, 0.717) is 12.8 Å². The number of hydrogen-bond donors (Lipinski definition) is 1. The average Bonchev–Trinajstić information content (AvgIpc) is 2.50. The molecule has 2 nitrogen and oxygen atoms in total. The van der Waals surface area contributed by atoms with Gasteiger partial charge in [0.1, 0.15) is 5.69 Å². The van der Waals surface area contributed by atoms with Gasteiger partial charge < -0.3 is 10.2 Å². The molecular formula is C14H17F5N2. The highest BCUT2D eigenvalue weighted by Gasteiger charge is 2.30. The standard InChI is InChI=1S/C14H17F5N2/c1-2-5-20-8-3-6-21(7-4-8)14-12(18)10(16)9(15)11(17)13(14)19/h8,20H,2-7H2,1H3. The van der Waals surface area contributed by atoms with Crippen LogP contribution in [0.25, 0.3) is 0 Å². The maximum Gasteiger partial charge on any atom is 0.200 e. The van der Waals surface area contributed by atoms with Gasteiger partial charge in [-0.05, 0) is 25.8 Å². The Hall–Kier alpha value is -1.37. The Morgan fingerprint density at radius 1 is 0.905 bits per heavy atom. The van der Waals surface area contributed by atoms with Crippen molar-refractivity contribution in [2.45, 2.75) is 32.2 Å². The summed E-state index contributed by atoms with van der Waals surface area (Å²) in [6, 6.07) is 0.211. The molecule has 0 unspecified atom stereocenters. The van der Waals surface area contributed by atoms with Gasteiger partial charge >= 0.3 is 0 Å². The Labute approximate surface area is 119 Å². The molecule has 1 heterocycles. The fraction of sp³-hybridized carbons (Fsp3) is 0.571.